The van der Waals surface area contributed by atoms with Crippen LogP contribution >= 0.6 is 11.6 Å². The van der Waals surface area contributed by atoms with E-state index in [9.17, 15) is 14.4 Å². The lowest BCUT2D eigenvalue weighted by atomic mass is 9.95. The molecule has 3 amide bonds. The first-order chi connectivity index (χ1) is 13.5. The number of anilines is 2. The number of benzene rings is 2. The summed E-state index contributed by atoms with van der Waals surface area (Å²) >= 11 is 5.90. The van der Waals surface area contributed by atoms with Gasteiger partial charge in [-0.3, -0.25) is 14.4 Å². The largest absolute Gasteiger partial charge is 0.338 e. The maximum absolute atomic E-state index is 13.2. The lowest BCUT2D eigenvalue weighted by molar-refractivity contribution is -0.125. The summed E-state index contributed by atoms with van der Waals surface area (Å²) in [6, 6.07) is 14.0. The highest BCUT2D eigenvalue weighted by Gasteiger charge is 2.35. The standard InChI is InChI=1S/C21H20ClN3O3/c22-16-9-7-14(8-10-16)20(27)24-11-3-4-15(12-24)21(28)25-13-19(26)23-17-5-1-2-6-18(17)25/h1-2,5-10,15H,3-4,11-13H2,(H,23,26). The van der Waals surface area contributed by atoms with Crippen LogP contribution in [-0.4, -0.2) is 42.3 Å². The molecule has 1 unspecified atom stereocenters. The number of nitrogens with zero attached hydrogens (tertiary/aromatic N) is 2. The fraction of sp³-hybridized carbons (Fsp3) is 0.286. The SMILES string of the molecule is O=C1CN(C(=O)C2CCCN(C(=O)c3ccc(Cl)cc3)C2)c2ccccc2N1. The van der Waals surface area contributed by atoms with Crippen molar-refractivity contribution in [3.63, 3.8) is 0 Å². The normalized spacial score (nSPS) is 19.0. The minimum absolute atomic E-state index is 0.00250. The van der Waals surface area contributed by atoms with E-state index in [1.54, 1.807) is 35.2 Å². The second-order valence-corrected chi connectivity index (χ2v) is 7.52. The molecule has 0 bridgehead atoms. The Morgan fingerprint density at radius 3 is 2.61 bits per heavy atom. The molecule has 4 rings (SSSR count). The predicted molar refractivity (Wildman–Crippen MR) is 108 cm³/mol. The minimum Gasteiger partial charge on any atom is -0.338 e. The Hall–Kier alpha value is -2.86. The summed E-state index contributed by atoms with van der Waals surface area (Å²) in [7, 11) is 0. The van der Waals surface area contributed by atoms with E-state index >= 15 is 0 Å². The van der Waals surface area contributed by atoms with Crippen LogP contribution in [0.3, 0.4) is 0 Å². The summed E-state index contributed by atoms with van der Waals surface area (Å²) in [6.45, 7) is 0.959. The van der Waals surface area contributed by atoms with Crippen LogP contribution in [-0.2, 0) is 9.59 Å². The van der Waals surface area contributed by atoms with E-state index < -0.39 is 0 Å². The number of carbonyl (C=O) groups excluding carboxylic acids is 3. The Morgan fingerprint density at radius 1 is 1.07 bits per heavy atom. The first-order valence-corrected chi connectivity index (χ1v) is 9.66. The van der Waals surface area contributed by atoms with Crippen molar-refractivity contribution in [2.45, 2.75) is 12.8 Å². The molecule has 0 aromatic heterocycles. The molecule has 28 heavy (non-hydrogen) atoms. The van der Waals surface area contributed by atoms with Crippen molar-refractivity contribution in [2.75, 3.05) is 29.9 Å². The highest BCUT2D eigenvalue weighted by atomic mass is 35.5. The summed E-state index contributed by atoms with van der Waals surface area (Å²) in [6.07, 6.45) is 1.45. The van der Waals surface area contributed by atoms with Crippen LogP contribution in [0.2, 0.25) is 5.02 Å². The molecule has 0 spiro atoms. The molecule has 2 aliphatic heterocycles. The number of likely N-dealkylation sites (tertiary alicyclic amines) is 1. The van der Waals surface area contributed by atoms with Crippen molar-refractivity contribution in [1.82, 2.24) is 4.90 Å². The number of halogens is 1. The van der Waals surface area contributed by atoms with E-state index in [1.165, 1.54) is 4.90 Å². The highest BCUT2D eigenvalue weighted by molar-refractivity contribution is 6.30. The maximum atomic E-state index is 13.2. The van der Waals surface area contributed by atoms with E-state index in [4.69, 9.17) is 11.6 Å². The molecule has 1 N–H and O–H groups in total. The Balaban J connectivity index is 1.52. The summed E-state index contributed by atoms with van der Waals surface area (Å²) in [5.41, 5.74) is 1.89. The number of carbonyl (C=O) groups is 3. The van der Waals surface area contributed by atoms with Crippen LogP contribution in [0.1, 0.15) is 23.2 Å². The third-order valence-electron chi connectivity index (χ3n) is 5.19. The van der Waals surface area contributed by atoms with E-state index in [1.807, 2.05) is 18.2 Å². The molecule has 0 saturated carbocycles. The van der Waals surface area contributed by atoms with Crippen molar-refractivity contribution < 1.29 is 14.4 Å². The second kappa shape index (κ2) is 7.64. The molecule has 2 heterocycles. The van der Waals surface area contributed by atoms with Crippen LogP contribution in [0.4, 0.5) is 11.4 Å². The van der Waals surface area contributed by atoms with Gasteiger partial charge >= 0.3 is 0 Å². The van der Waals surface area contributed by atoms with Crippen molar-refractivity contribution in [3.8, 4) is 0 Å². The monoisotopic (exact) mass is 397 g/mol. The average molecular weight is 398 g/mol. The fourth-order valence-electron chi connectivity index (χ4n) is 3.79. The van der Waals surface area contributed by atoms with E-state index in [0.717, 1.165) is 6.42 Å². The lowest BCUT2D eigenvalue weighted by Crippen LogP contribution is -2.50. The topological polar surface area (TPSA) is 69.7 Å². The predicted octanol–water partition coefficient (Wildman–Crippen LogP) is 3.18. The zero-order chi connectivity index (χ0) is 19.7. The van der Waals surface area contributed by atoms with Gasteiger partial charge in [-0.25, -0.2) is 0 Å². The van der Waals surface area contributed by atoms with E-state index in [2.05, 4.69) is 5.32 Å². The van der Waals surface area contributed by atoms with Gasteiger partial charge in [-0.05, 0) is 49.2 Å². The number of nitrogens with one attached hydrogen (secondary N) is 1. The Kier molecular flexibility index (Phi) is 5.05. The van der Waals surface area contributed by atoms with Crippen LogP contribution < -0.4 is 10.2 Å². The Bertz CT molecular complexity index is 929. The minimum atomic E-state index is -0.330. The van der Waals surface area contributed by atoms with E-state index in [0.29, 0.717) is 41.5 Å². The molecule has 2 aromatic carbocycles. The highest BCUT2D eigenvalue weighted by Crippen LogP contribution is 2.31. The van der Waals surface area contributed by atoms with E-state index in [-0.39, 0.29) is 30.2 Å². The Labute approximate surface area is 168 Å². The molecule has 0 radical (unpaired) electrons. The molecule has 1 atom stereocenters. The number of para-hydroxylation sites is 2. The van der Waals surface area contributed by atoms with Gasteiger partial charge in [0.2, 0.25) is 11.8 Å². The fourth-order valence-corrected chi connectivity index (χ4v) is 3.91. The number of hydrogen-bond donors (Lipinski definition) is 1. The molecule has 6 nitrogen and oxygen atoms in total. The van der Waals surface area contributed by atoms with Crippen LogP contribution in [0.15, 0.2) is 48.5 Å². The first-order valence-electron chi connectivity index (χ1n) is 9.28. The van der Waals surface area contributed by atoms with Crippen molar-refractivity contribution in [1.29, 1.82) is 0 Å². The zero-order valence-corrected chi connectivity index (χ0v) is 16.0. The van der Waals surface area contributed by atoms with Crippen LogP contribution in [0, 0.1) is 5.92 Å². The van der Waals surface area contributed by atoms with Crippen LogP contribution in [0.25, 0.3) is 0 Å². The maximum Gasteiger partial charge on any atom is 0.253 e. The van der Waals surface area contributed by atoms with Gasteiger partial charge in [-0.2, -0.15) is 0 Å². The van der Waals surface area contributed by atoms with Gasteiger partial charge in [0.25, 0.3) is 5.91 Å². The third-order valence-corrected chi connectivity index (χ3v) is 5.44. The summed E-state index contributed by atoms with van der Waals surface area (Å²) in [5, 5.41) is 3.37. The van der Waals surface area contributed by atoms with Gasteiger partial charge in [-0.1, -0.05) is 23.7 Å². The number of hydrogen-bond acceptors (Lipinski definition) is 3. The van der Waals surface area contributed by atoms with Gasteiger partial charge in [0.05, 0.1) is 17.3 Å². The number of amides is 3. The number of piperidine rings is 1. The molecule has 1 fully saturated rings. The smallest absolute Gasteiger partial charge is 0.253 e. The molecule has 2 aliphatic rings. The van der Waals surface area contributed by atoms with Crippen molar-refractivity contribution in [2.24, 2.45) is 5.92 Å². The van der Waals surface area contributed by atoms with Gasteiger partial charge in [0.15, 0.2) is 0 Å². The molecular weight excluding hydrogens is 378 g/mol. The third kappa shape index (κ3) is 3.60. The summed E-state index contributed by atoms with van der Waals surface area (Å²) in [4.78, 5) is 41.3. The summed E-state index contributed by atoms with van der Waals surface area (Å²) in [5.74, 6) is -0.761. The lowest BCUT2D eigenvalue weighted by Gasteiger charge is -2.36. The Morgan fingerprint density at radius 2 is 1.82 bits per heavy atom. The number of fused-ring (bicyclic) bond motifs is 1. The van der Waals surface area contributed by atoms with Crippen LogP contribution in [0.5, 0.6) is 0 Å². The molecule has 1 saturated heterocycles. The second-order valence-electron chi connectivity index (χ2n) is 7.09. The molecular formula is C21H20ClN3O3. The average Bonchev–Trinajstić information content (AvgIpc) is 2.72. The van der Waals surface area contributed by atoms with Gasteiger partial charge < -0.3 is 15.1 Å². The number of rotatable bonds is 2. The van der Waals surface area contributed by atoms with Gasteiger partial charge in [0.1, 0.15) is 6.54 Å². The molecule has 2 aromatic rings. The zero-order valence-electron chi connectivity index (χ0n) is 15.2. The molecule has 144 valence electrons. The quantitative estimate of drug-likeness (QED) is 0.846. The molecule has 0 aliphatic carbocycles. The van der Waals surface area contributed by atoms with Gasteiger partial charge in [0, 0.05) is 23.7 Å². The summed E-state index contributed by atoms with van der Waals surface area (Å²) < 4.78 is 0. The van der Waals surface area contributed by atoms with Gasteiger partial charge in [-0.15, -0.1) is 0 Å². The van der Waals surface area contributed by atoms with Crippen molar-refractivity contribution in [3.05, 3.63) is 59.1 Å². The molecule has 7 heteroatoms. The van der Waals surface area contributed by atoms with Crippen molar-refractivity contribution >= 4 is 40.7 Å². The first kappa shape index (κ1) is 18.5.